The number of hydrogen-bond acceptors (Lipinski definition) is 3. The monoisotopic (exact) mass is 407 g/mol. The molecule has 0 radical (unpaired) electrons. The maximum absolute atomic E-state index is 13.2. The van der Waals surface area contributed by atoms with Crippen LogP contribution >= 0.6 is 11.6 Å². The number of H-pyrrole nitrogens is 1. The molecule has 1 atom stereocenters. The zero-order valence-corrected chi connectivity index (χ0v) is 17.1. The molecule has 0 aliphatic carbocycles. The minimum atomic E-state index is -0.208. The number of nitrogens with one attached hydrogen (secondary N) is 1. The van der Waals surface area contributed by atoms with Crippen LogP contribution in [0.4, 0.5) is 5.69 Å². The molecule has 7 heteroatoms. The highest BCUT2D eigenvalue weighted by Gasteiger charge is 2.25. The van der Waals surface area contributed by atoms with E-state index in [1.807, 2.05) is 44.2 Å². The summed E-state index contributed by atoms with van der Waals surface area (Å²) < 4.78 is 1.64. The number of para-hydroxylation sites is 1. The molecule has 0 aliphatic rings. The molecular weight excluding hydrogens is 386 g/mol. The van der Waals surface area contributed by atoms with Crippen LogP contribution in [0.3, 0.4) is 0 Å². The Kier molecular flexibility index (Phi) is 5.36. The fourth-order valence-electron chi connectivity index (χ4n) is 3.52. The van der Waals surface area contributed by atoms with Gasteiger partial charge in [0.05, 0.1) is 18.1 Å². The van der Waals surface area contributed by atoms with Gasteiger partial charge in [-0.2, -0.15) is 5.10 Å². The van der Waals surface area contributed by atoms with Gasteiger partial charge in [-0.1, -0.05) is 36.7 Å². The molecule has 0 saturated carbocycles. The summed E-state index contributed by atoms with van der Waals surface area (Å²) in [6.07, 6.45) is 5.79. The molecule has 1 aromatic carbocycles. The number of carbonyl (C=O) groups excluding carboxylic acids is 1. The Hall–Kier alpha value is -3.12. The summed E-state index contributed by atoms with van der Waals surface area (Å²) in [6, 6.07) is 13.9. The maximum atomic E-state index is 13.2. The van der Waals surface area contributed by atoms with Crippen LogP contribution in [0.5, 0.6) is 0 Å². The van der Waals surface area contributed by atoms with Crippen LogP contribution in [-0.4, -0.2) is 32.2 Å². The van der Waals surface area contributed by atoms with Gasteiger partial charge in [-0.3, -0.25) is 9.78 Å². The molecule has 0 fully saturated rings. The van der Waals surface area contributed by atoms with E-state index in [0.717, 1.165) is 22.3 Å². The number of nitrogens with zero attached hydrogens (tertiary/aromatic N) is 4. The van der Waals surface area contributed by atoms with Crippen molar-refractivity contribution in [3.63, 3.8) is 0 Å². The lowest BCUT2D eigenvalue weighted by molar-refractivity contribution is -0.121. The number of carbonyl (C=O) groups is 1. The number of pyridine rings is 1. The van der Waals surface area contributed by atoms with Crippen molar-refractivity contribution in [2.24, 2.45) is 5.92 Å². The second kappa shape index (κ2) is 8.09. The fraction of sp³-hybridized carbons (Fsp3) is 0.227. The highest BCUT2D eigenvalue weighted by atomic mass is 35.5. The van der Waals surface area contributed by atoms with E-state index in [0.29, 0.717) is 23.8 Å². The normalized spacial score (nSPS) is 12.2. The van der Waals surface area contributed by atoms with Crippen LogP contribution in [0, 0.1) is 5.92 Å². The Balaban J connectivity index is 1.55. The van der Waals surface area contributed by atoms with Gasteiger partial charge in [-0.25, -0.2) is 4.68 Å². The zero-order valence-electron chi connectivity index (χ0n) is 16.3. The smallest absolute Gasteiger partial charge is 0.230 e. The van der Waals surface area contributed by atoms with Gasteiger partial charge in [-0.05, 0) is 43.0 Å². The predicted molar refractivity (Wildman–Crippen MR) is 116 cm³/mol. The average Bonchev–Trinajstić information content (AvgIpc) is 3.32. The number of aromatic nitrogens is 4. The number of benzene rings is 1. The van der Waals surface area contributed by atoms with Crippen LogP contribution in [0.15, 0.2) is 61.1 Å². The van der Waals surface area contributed by atoms with E-state index >= 15 is 0 Å². The van der Waals surface area contributed by atoms with Crippen molar-refractivity contribution in [2.75, 3.05) is 11.4 Å². The molecule has 0 spiro atoms. The SMILES string of the molecule is CCN(C(=O)C(C)Cc1cc2ccccc2[nH]1)c1cn(-c2cccnc2)nc1Cl. The van der Waals surface area contributed by atoms with Crippen molar-refractivity contribution < 1.29 is 4.79 Å². The molecule has 0 saturated heterocycles. The minimum Gasteiger partial charge on any atom is -0.358 e. The van der Waals surface area contributed by atoms with E-state index in [-0.39, 0.29) is 11.8 Å². The molecule has 1 N–H and O–H groups in total. The molecule has 29 heavy (non-hydrogen) atoms. The zero-order chi connectivity index (χ0) is 20.4. The van der Waals surface area contributed by atoms with Crippen molar-refractivity contribution in [3.05, 3.63) is 71.9 Å². The van der Waals surface area contributed by atoms with Crippen LogP contribution in [0.25, 0.3) is 16.6 Å². The summed E-state index contributed by atoms with van der Waals surface area (Å²) in [6.45, 7) is 4.38. The number of hydrogen-bond donors (Lipinski definition) is 1. The number of fused-ring (bicyclic) bond motifs is 1. The quantitative estimate of drug-likeness (QED) is 0.506. The molecule has 0 aliphatic heterocycles. The van der Waals surface area contributed by atoms with Gasteiger partial charge in [0, 0.05) is 29.9 Å². The third kappa shape index (κ3) is 3.89. The lowest BCUT2D eigenvalue weighted by atomic mass is 10.0. The van der Waals surface area contributed by atoms with Crippen molar-refractivity contribution in [1.82, 2.24) is 19.7 Å². The van der Waals surface area contributed by atoms with Crippen molar-refractivity contribution >= 4 is 34.1 Å². The number of anilines is 1. The van der Waals surface area contributed by atoms with Gasteiger partial charge < -0.3 is 9.88 Å². The molecule has 148 valence electrons. The van der Waals surface area contributed by atoms with Gasteiger partial charge in [0.15, 0.2) is 5.15 Å². The van der Waals surface area contributed by atoms with E-state index < -0.39 is 0 Å². The van der Waals surface area contributed by atoms with E-state index in [4.69, 9.17) is 11.6 Å². The van der Waals surface area contributed by atoms with E-state index in [2.05, 4.69) is 27.2 Å². The van der Waals surface area contributed by atoms with Crippen LogP contribution in [-0.2, 0) is 11.2 Å². The summed E-state index contributed by atoms with van der Waals surface area (Å²) in [5.74, 6) is -0.195. The molecule has 6 nitrogen and oxygen atoms in total. The highest BCUT2D eigenvalue weighted by molar-refractivity contribution is 6.32. The number of aromatic amines is 1. The summed E-state index contributed by atoms with van der Waals surface area (Å²) in [7, 11) is 0. The van der Waals surface area contributed by atoms with Crippen LogP contribution in [0.1, 0.15) is 19.5 Å². The van der Waals surface area contributed by atoms with Gasteiger partial charge in [0.2, 0.25) is 5.91 Å². The maximum Gasteiger partial charge on any atom is 0.230 e. The molecule has 3 aromatic heterocycles. The van der Waals surface area contributed by atoms with Gasteiger partial charge in [0.1, 0.15) is 5.69 Å². The first-order valence-corrected chi connectivity index (χ1v) is 9.98. The van der Waals surface area contributed by atoms with E-state index in [1.54, 1.807) is 28.2 Å². The number of amides is 1. The fourth-order valence-corrected chi connectivity index (χ4v) is 3.75. The highest BCUT2D eigenvalue weighted by Crippen LogP contribution is 2.28. The third-order valence-electron chi connectivity index (χ3n) is 4.97. The number of halogens is 1. The van der Waals surface area contributed by atoms with Crippen molar-refractivity contribution in [1.29, 1.82) is 0 Å². The van der Waals surface area contributed by atoms with Gasteiger partial charge in [0.25, 0.3) is 0 Å². The Labute approximate surface area is 174 Å². The second-order valence-corrected chi connectivity index (χ2v) is 7.39. The topological polar surface area (TPSA) is 66.8 Å². The molecule has 3 heterocycles. The Bertz CT molecular complexity index is 1100. The molecule has 0 bridgehead atoms. The Morgan fingerprint density at radius 3 is 2.83 bits per heavy atom. The van der Waals surface area contributed by atoms with Crippen molar-refractivity contribution in [2.45, 2.75) is 20.3 Å². The van der Waals surface area contributed by atoms with Gasteiger partial charge in [-0.15, -0.1) is 0 Å². The van der Waals surface area contributed by atoms with E-state index in [9.17, 15) is 4.79 Å². The largest absolute Gasteiger partial charge is 0.358 e. The van der Waals surface area contributed by atoms with E-state index in [1.165, 1.54) is 0 Å². The van der Waals surface area contributed by atoms with Crippen LogP contribution < -0.4 is 4.90 Å². The summed E-state index contributed by atoms with van der Waals surface area (Å²) in [4.78, 5) is 22.4. The molecule has 1 amide bonds. The minimum absolute atomic E-state index is 0.0128. The second-order valence-electron chi connectivity index (χ2n) is 7.03. The molecule has 4 rings (SSSR count). The summed E-state index contributed by atoms with van der Waals surface area (Å²) >= 11 is 6.38. The first-order valence-electron chi connectivity index (χ1n) is 9.60. The summed E-state index contributed by atoms with van der Waals surface area (Å²) in [5, 5.41) is 5.79. The first kappa shape index (κ1) is 19.2. The number of rotatable bonds is 6. The molecular formula is C22H22ClN5O. The lowest BCUT2D eigenvalue weighted by Gasteiger charge is -2.23. The molecule has 4 aromatic rings. The standard InChI is InChI=1S/C22H22ClN5O/c1-3-27(20-14-28(26-21(20)23)18-8-6-10-24-13-18)22(29)15(2)11-17-12-16-7-4-5-9-19(16)25-17/h4-10,12-15,25H,3,11H2,1-2H3. The third-order valence-corrected chi connectivity index (χ3v) is 5.24. The summed E-state index contributed by atoms with van der Waals surface area (Å²) in [5.41, 5.74) is 3.51. The van der Waals surface area contributed by atoms with Gasteiger partial charge >= 0.3 is 0 Å². The van der Waals surface area contributed by atoms with Crippen LogP contribution in [0.2, 0.25) is 5.15 Å². The predicted octanol–water partition coefficient (Wildman–Crippen LogP) is 4.63. The lowest BCUT2D eigenvalue weighted by Crippen LogP contribution is -2.36. The Morgan fingerprint density at radius 1 is 1.28 bits per heavy atom. The first-order chi connectivity index (χ1) is 14.1. The average molecular weight is 408 g/mol. The van der Waals surface area contributed by atoms with Crippen molar-refractivity contribution in [3.8, 4) is 5.69 Å². The Morgan fingerprint density at radius 2 is 2.10 bits per heavy atom. The molecule has 1 unspecified atom stereocenters.